The van der Waals surface area contributed by atoms with E-state index in [9.17, 15) is 0 Å². The van der Waals surface area contributed by atoms with Crippen molar-refractivity contribution < 1.29 is 0 Å². The number of nitrogens with zero attached hydrogens (tertiary/aromatic N) is 2. The van der Waals surface area contributed by atoms with E-state index >= 15 is 0 Å². The molecule has 0 aliphatic rings. The Balaban J connectivity index is 2.05. The molecule has 2 aromatic carbocycles. The molecule has 1 heterocycles. The Labute approximate surface area is 125 Å². The Bertz CT molecular complexity index is 754. The molecule has 1 aromatic heterocycles. The van der Waals surface area contributed by atoms with E-state index in [1.807, 2.05) is 0 Å². The smallest absolute Gasteiger partial charge is 0.123 e. The van der Waals surface area contributed by atoms with Crippen LogP contribution in [0.3, 0.4) is 0 Å². The van der Waals surface area contributed by atoms with Crippen molar-refractivity contribution in [2.45, 2.75) is 33.4 Å². The Morgan fingerprint density at radius 3 is 2.43 bits per heavy atom. The normalized spacial score (nSPS) is 11.2. The molecule has 0 unspecified atom stereocenters. The molecule has 0 saturated heterocycles. The van der Waals surface area contributed by atoms with Gasteiger partial charge in [0.2, 0.25) is 0 Å². The molecule has 108 valence electrons. The summed E-state index contributed by atoms with van der Waals surface area (Å²) in [6, 6.07) is 15.1. The number of imidazole rings is 1. The van der Waals surface area contributed by atoms with Crippen molar-refractivity contribution in [2.75, 3.05) is 0 Å². The van der Waals surface area contributed by atoms with E-state index in [1.54, 1.807) is 0 Å². The van der Waals surface area contributed by atoms with Gasteiger partial charge in [-0.15, -0.1) is 0 Å². The standard InChI is InChI=1S/C18H21N3/c1-3-14-8-9-17-16(10-14)20-18(11-19)21(17)12-15-6-4-13(2)5-7-15/h4-10H,3,11-12,19H2,1-2H3. The summed E-state index contributed by atoms with van der Waals surface area (Å²) < 4.78 is 2.22. The molecule has 2 N–H and O–H groups in total. The third-order valence-electron chi connectivity index (χ3n) is 3.94. The third-order valence-corrected chi connectivity index (χ3v) is 3.94. The lowest BCUT2D eigenvalue weighted by atomic mass is 10.1. The van der Waals surface area contributed by atoms with E-state index in [2.05, 4.69) is 60.9 Å². The molecule has 3 heteroatoms. The fourth-order valence-corrected chi connectivity index (χ4v) is 2.65. The van der Waals surface area contributed by atoms with Gasteiger partial charge in [-0.3, -0.25) is 0 Å². The van der Waals surface area contributed by atoms with E-state index < -0.39 is 0 Å². The van der Waals surface area contributed by atoms with Crippen LogP contribution in [0.1, 0.15) is 29.4 Å². The Morgan fingerprint density at radius 1 is 1.05 bits per heavy atom. The van der Waals surface area contributed by atoms with Crippen LogP contribution in [-0.2, 0) is 19.5 Å². The predicted octanol–water partition coefficient (Wildman–Crippen LogP) is 3.41. The number of hydrogen-bond acceptors (Lipinski definition) is 2. The second-order valence-corrected chi connectivity index (χ2v) is 5.48. The molecule has 21 heavy (non-hydrogen) atoms. The molecule has 0 bridgehead atoms. The van der Waals surface area contributed by atoms with E-state index in [0.717, 1.165) is 29.8 Å². The van der Waals surface area contributed by atoms with Crippen LogP contribution in [0.2, 0.25) is 0 Å². The molecule has 0 aliphatic carbocycles. The summed E-state index contributed by atoms with van der Waals surface area (Å²) in [5, 5.41) is 0. The van der Waals surface area contributed by atoms with Crippen molar-refractivity contribution in [1.29, 1.82) is 0 Å². The first-order chi connectivity index (χ1) is 10.2. The molecule has 0 fully saturated rings. The van der Waals surface area contributed by atoms with E-state index in [4.69, 9.17) is 10.7 Å². The zero-order valence-corrected chi connectivity index (χ0v) is 12.6. The number of hydrogen-bond donors (Lipinski definition) is 1. The van der Waals surface area contributed by atoms with Crippen LogP contribution >= 0.6 is 0 Å². The minimum Gasteiger partial charge on any atom is -0.324 e. The number of benzene rings is 2. The Hall–Kier alpha value is -2.13. The van der Waals surface area contributed by atoms with Gasteiger partial charge in [-0.2, -0.15) is 0 Å². The van der Waals surface area contributed by atoms with Crippen molar-refractivity contribution in [2.24, 2.45) is 5.73 Å². The van der Waals surface area contributed by atoms with Gasteiger partial charge in [-0.25, -0.2) is 4.98 Å². The molecule has 3 rings (SSSR count). The maximum Gasteiger partial charge on any atom is 0.123 e. The van der Waals surface area contributed by atoms with E-state index in [1.165, 1.54) is 16.7 Å². The SMILES string of the molecule is CCc1ccc2c(c1)nc(CN)n2Cc1ccc(C)cc1. The topological polar surface area (TPSA) is 43.8 Å². The predicted molar refractivity (Wildman–Crippen MR) is 87.3 cm³/mol. The lowest BCUT2D eigenvalue weighted by molar-refractivity contribution is 0.744. The average Bonchev–Trinajstić information content (AvgIpc) is 2.86. The second kappa shape index (κ2) is 5.70. The first-order valence-corrected chi connectivity index (χ1v) is 7.45. The van der Waals surface area contributed by atoms with Gasteiger partial charge in [0.25, 0.3) is 0 Å². The van der Waals surface area contributed by atoms with Gasteiger partial charge >= 0.3 is 0 Å². The number of nitrogens with two attached hydrogens (primary N) is 1. The number of aromatic nitrogens is 2. The van der Waals surface area contributed by atoms with Crippen LogP contribution in [-0.4, -0.2) is 9.55 Å². The Kier molecular flexibility index (Phi) is 3.76. The summed E-state index contributed by atoms with van der Waals surface area (Å²) >= 11 is 0. The molecular weight excluding hydrogens is 258 g/mol. The first-order valence-electron chi connectivity index (χ1n) is 7.45. The zero-order chi connectivity index (χ0) is 14.8. The molecule has 0 saturated carbocycles. The first kappa shape index (κ1) is 13.8. The fourth-order valence-electron chi connectivity index (χ4n) is 2.65. The number of rotatable bonds is 4. The quantitative estimate of drug-likeness (QED) is 0.795. The lowest BCUT2D eigenvalue weighted by Crippen LogP contribution is -2.09. The van der Waals surface area contributed by atoms with Gasteiger partial charge < -0.3 is 10.3 Å². The minimum absolute atomic E-state index is 0.460. The highest BCUT2D eigenvalue weighted by Gasteiger charge is 2.10. The number of fused-ring (bicyclic) bond motifs is 1. The summed E-state index contributed by atoms with van der Waals surface area (Å²) in [6.45, 7) is 5.54. The van der Waals surface area contributed by atoms with Crippen molar-refractivity contribution in [3.63, 3.8) is 0 Å². The summed E-state index contributed by atoms with van der Waals surface area (Å²) in [4.78, 5) is 4.69. The van der Waals surface area contributed by atoms with Gasteiger partial charge in [-0.1, -0.05) is 42.8 Å². The highest BCUT2D eigenvalue weighted by molar-refractivity contribution is 5.77. The summed E-state index contributed by atoms with van der Waals surface area (Å²) in [5.41, 5.74) is 11.9. The van der Waals surface area contributed by atoms with Gasteiger partial charge in [0.05, 0.1) is 17.6 Å². The van der Waals surface area contributed by atoms with Crippen molar-refractivity contribution in [3.05, 3.63) is 65.0 Å². The highest BCUT2D eigenvalue weighted by Crippen LogP contribution is 2.20. The second-order valence-electron chi connectivity index (χ2n) is 5.48. The molecule has 0 aliphatic heterocycles. The van der Waals surface area contributed by atoms with Crippen LogP contribution in [0.5, 0.6) is 0 Å². The molecule has 3 nitrogen and oxygen atoms in total. The van der Waals surface area contributed by atoms with Crippen LogP contribution in [0.15, 0.2) is 42.5 Å². The maximum atomic E-state index is 5.88. The van der Waals surface area contributed by atoms with Crippen LogP contribution < -0.4 is 5.73 Å². The minimum atomic E-state index is 0.460. The summed E-state index contributed by atoms with van der Waals surface area (Å²) in [6.07, 6.45) is 1.03. The van der Waals surface area contributed by atoms with Crippen molar-refractivity contribution >= 4 is 11.0 Å². The lowest BCUT2D eigenvalue weighted by Gasteiger charge is -2.09. The highest BCUT2D eigenvalue weighted by atomic mass is 15.1. The molecule has 0 amide bonds. The maximum absolute atomic E-state index is 5.88. The van der Waals surface area contributed by atoms with E-state index in [0.29, 0.717) is 6.54 Å². The van der Waals surface area contributed by atoms with E-state index in [-0.39, 0.29) is 0 Å². The third kappa shape index (κ3) is 2.69. The van der Waals surface area contributed by atoms with Gasteiger partial charge in [0.15, 0.2) is 0 Å². The molecular formula is C18H21N3. The molecule has 0 spiro atoms. The summed E-state index contributed by atoms with van der Waals surface area (Å²) in [7, 11) is 0. The monoisotopic (exact) mass is 279 g/mol. The van der Waals surface area contributed by atoms with Crippen LogP contribution in [0, 0.1) is 6.92 Å². The molecule has 3 aromatic rings. The van der Waals surface area contributed by atoms with Gasteiger partial charge in [0, 0.05) is 6.54 Å². The molecule has 0 radical (unpaired) electrons. The average molecular weight is 279 g/mol. The van der Waals surface area contributed by atoms with Crippen molar-refractivity contribution in [1.82, 2.24) is 9.55 Å². The zero-order valence-electron chi connectivity index (χ0n) is 12.6. The number of aryl methyl sites for hydroxylation is 2. The summed E-state index contributed by atoms with van der Waals surface area (Å²) in [5.74, 6) is 0.943. The van der Waals surface area contributed by atoms with Crippen molar-refractivity contribution in [3.8, 4) is 0 Å². The van der Waals surface area contributed by atoms with Gasteiger partial charge in [-0.05, 0) is 36.6 Å². The Morgan fingerprint density at radius 2 is 1.76 bits per heavy atom. The van der Waals surface area contributed by atoms with Crippen LogP contribution in [0.25, 0.3) is 11.0 Å². The van der Waals surface area contributed by atoms with Gasteiger partial charge in [0.1, 0.15) is 5.82 Å². The largest absolute Gasteiger partial charge is 0.324 e. The van der Waals surface area contributed by atoms with Crippen LogP contribution in [0.4, 0.5) is 0 Å². The fraction of sp³-hybridized carbons (Fsp3) is 0.278. The molecule has 0 atom stereocenters.